The number of pyridine rings is 1. The lowest BCUT2D eigenvalue weighted by molar-refractivity contribution is 0.111. The maximum absolute atomic E-state index is 11.3. The Morgan fingerprint density at radius 2 is 2.29 bits per heavy atom. The van der Waals surface area contributed by atoms with Crippen LogP contribution in [0, 0.1) is 6.92 Å². The molecule has 4 heteroatoms. The summed E-state index contributed by atoms with van der Waals surface area (Å²) in [6.07, 6.45) is 2.08. The lowest BCUT2D eigenvalue weighted by Gasteiger charge is -2.00. The molecule has 0 aromatic carbocycles. The van der Waals surface area contributed by atoms with E-state index in [4.69, 9.17) is 4.42 Å². The Kier molecular flexibility index (Phi) is 1.89. The Balaban J connectivity index is 3.00. The zero-order valence-corrected chi connectivity index (χ0v) is 7.48. The lowest BCUT2D eigenvalue weighted by atomic mass is 10.1. The molecule has 0 amide bonds. The average Bonchev–Trinajstić information content (AvgIpc) is 2.18. The number of fused-ring (bicyclic) bond motifs is 1. The van der Waals surface area contributed by atoms with Crippen LogP contribution < -0.4 is 5.63 Å². The fraction of sp³-hybridized carbons (Fsp3) is 0.100. The van der Waals surface area contributed by atoms with Gasteiger partial charge in [-0.05, 0) is 24.6 Å². The quantitative estimate of drug-likeness (QED) is 0.634. The highest BCUT2D eigenvalue weighted by Crippen LogP contribution is 2.14. The zero-order chi connectivity index (χ0) is 10.1. The minimum absolute atomic E-state index is 0.0381. The predicted octanol–water partition coefficient (Wildman–Crippen LogP) is 1.31. The summed E-state index contributed by atoms with van der Waals surface area (Å²) < 4.78 is 4.92. The third-order valence-electron chi connectivity index (χ3n) is 2.07. The molecule has 2 heterocycles. The van der Waals surface area contributed by atoms with Crippen molar-refractivity contribution in [2.24, 2.45) is 0 Å². The molecule has 0 saturated heterocycles. The van der Waals surface area contributed by atoms with E-state index in [1.165, 1.54) is 0 Å². The number of carbonyl (C=O) groups excluding carboxylic acids is 1. The first-order valence-electron chi connectivity index (χ1n) is 4.07. The van der Waals surface area contributed by atoms with Crippen LogP contribution in [0.4, 0.5) is 0 Å². The van der Waals surface area contributed by atoms with E-state index < -0.39 is 5.63 Å². The number of aldehydes is 1. The van der Waals surface area contributed by atoms with E-state index in [2.05, 4.69) is 4.98 Å². The Labute approximate surface area is 79.2 Å². The molecular formula is C10H7NO3. The molecular weight excluding hydrogens is 182 g/mol. The van der Waals surface area contributed by atoms with Crippen molar-refractivity contribution >= 4 is 17.4 Å². The molecule has 2 aromatic rings. The largest absolute Gasteiger partial charge is 0.421 e. The van der Waals surface area contributed by atoms with Gasteiger partial charge >= 0.3 is 5.63 Å². The van der Waals surface area contributed by atoms with Gasteiger partial charge in [-0.15, -0.1) is 0 Å². The van der Waals surface area contributed by atoms with Gasteiger partial charge in [-0.2, -0.15) is 0 Å². The van der Waals surface area contributed by atoms with Crippen molar-refractivity contribution in [3.63, 3.8) is 0 Å². The molecule has 0 fully saturated rings. The highest BCUT2D eigenvalue weighted by molar-refractivity contribution is 5.85. The van der Waals surface area contributed by atoms with E-state index in [0.29, 0.717) is 22.9 Å². The van der Waals surface area contributed by atoms with Crippen molar-refractivity contribution in [2.45, 2.75) is 6.92 Å². The molecule has 14 heavy (non-hydrogen) atoms. The molecule has 0 aliphatic heterocycles. The van der Waals surface area contributed by atoms with Gasteiger partial charge in [-0.3, -0.25) is 9.78 Å². The summed E-state index contributed by atoms with van der Waals surface area (Å²) in [6, 6.07) is 3.32. The normalized spacial score (nSPS) is 10.4. The molecule has 0 aliphatic rings. The zero-order valence-electron chi connectivity index (χ0n) is 7.48. The molecule has 70 valence electrons. The van der Waals surface area contributed by atoms with Crippen LogP contribution in [-0.4, -0.2) is 11.3 Å². The van der Waals surface area contributed by atoms with Gasteiger partial charge in [-0.25, -0.2) is 4.79 Å². The monoisotopic (exact) mass is 189 g/mol. The van der Waals surface area contributed by atoms with Crippen molar-refractivity contribution in [1.29, 1.82) is 0 Å². The maximum atomic E-state index is 11.3. The second-order valence-corrected chi connectivity index (χ2v) is 2.90. The second kappa shape index (κ2) is 3.06. The Hall–Kier alpha value is -1.97. The molecule has 0 aliphatic carbocycles. The first-order chi connectivity index (χ1) is 6.74. The fourth-order valence-electron chi connectivity index (χ4n) is 1.33. The van der Waals surface area contributed by atoms with Crippen LogP contribution in [-0.2, 0) is 0 Å². The molecule has 0 spiro atoms. The SMILES string of the molecule is Cc1c(C=O)c(=O)oc2cccnc12. The summed E-state index contributed by atoms with van der Waals surface area (Å²) in [7, 11) is 0. The fourth-order valence-corrected chi connectivity index (χ4v) is 1.33. The van der Waals surface area contributed by atoms with E-state index in [-0.39, 0.29) is 5.56 Å². The average molecular weight is 189 g/mol. The third kappa shape index (κ3) is 1.12. The molecule has 0 unspecified atom stereocenters. The van der Waals surface area contributed by atoms with Crippen molar-refractivity contribution in [1.82, 2.24) is 4.98 Å². The van der Waals surface area contributed by atoms with Gasteiger partial charge in [0.1, 0.15) is 11.1 Å². The number of hydrogen-bond donors (Lipinski definition) is 0. The van der Waals surface area contributed by atoms with Crippen LogP contribution >= 0.6 is 0 Å². The third-order valence-corrected chi connectivity index (χ3v) is 2.07. The molecule has 2 aromatic heterocycles. The van der Waals surface area contributed by atoms with Crippen LogP contribution in [0.3, 0.4) is 0 Å². The first-order valence-corrected chi connectivity index (χ1v) is 4.07. The predicted molar refractivity (Wildman–Crippen MR) is 50.4 cm³/mol. The molecule has 0 radical (unpaired) electrons. The summed E-state index contributed by atoms with van der Waals surface area (Å²) in [5.41, 5.74) is 0.941. The molecule has 0 atom stereocenters. The second-order valence-electron chi connectivity index (χ2n) is 2.90. The van der Waals surface area contributed by atoms with Gasteiger partial charge in [0.15, 0.2) is 11.9 Å². The van der Waals surface area contributed by atoms with Gasteiger partial charge in [0.25, 0.3) is 0 Å². The number of rotatable bonds is 1. The van der Waals surface area contributed by atoms with Gasteiger partial charge in [0, 0.05) is 6.20 Å². The molecule has 4 nitrogen and oxygen atoms in total. The highest BCUT2D eigenvalue weighted by Gasteiger charge is 2.10. The smallest absolute Gasteiger partial charge is 0.347 e. The topological polar surface area (TPSA) is 60.2 Å². The Bertz CT molecular complexity index is 557. The van der Waals surface area contributed by atoms with Crippen molar-refractivity contribution in [3.05, 3.63) is 39.9 Å². The minimum atomic E-state index is -0.613. The number of aryl methyl sites for hydroxylation is 1. The van der Waals surface area contributed by atoms with Crippen LogP contribution in [0.1, 0.15) is 15.9 Å². The first kappa shape index (κ1) is 8.62. The van der Waals surface area contributed by atoms with Crippen LogP contribution in [0.5, 0.6) is 0 Å². The summed E-state index contributed by atoms with van der Waals surface area (Å²) >= 11 is 0. The van der Waals surface area contributed by atoms with Gasteiger partial charge in [0.05, 0.1) is 0 Å². The van der Waals surface area contributed by atoms with E-state index in [0.717, 1.165) is 0 Å². The summed E-state index contributed by atoms with van der Waals surface area (Å²) in [6.45, 7) is 1.68. The molecule has 2 rings (SSSR count). The lowest BCUT2D eigenvalue weighted by Crippen LogP contribution is -2.09. The molecule has 0 bridgehead atoms. The van der Waals surface area contributed by atoms with Crippen molar-refractivity contribution in [2.75, 3.05) is 0 Å². The van der Waals surface area contributed by atoms with Crippen LogP contribution in [0.2, 0.25) is 0 Å². The van der Waals surface area contributed by atoms with Crippen LogP contribution in [0.15, 0.2) is 27.5 Å². The van der Waals surface area contributed by atoms with Gasteiger partial charge in [0.2, 0.25) is 0 Å². The number of hydrogen-bond acceptors (Lipinski definition) is 4. The number of aromatic nitrogens is 1. The summed E-state index contributed by atoms with van der Waals surface area (Å²) in [5, 5.41) is 0. The van der Waals surface area contributed by atoms with Crippen LogP contribution in [0.25, 0.3) is 11.1 Å². The van der Waals surface area contributed by atoms with Gasteiger partial charge < -0.3 is 4.42 Å². The maximum Gasteiger partial charge on any atom is 0.347 e. The highest BCUT2D eigenvalue weighted by atomic mass is 16.4. The Morgan fingerprint density at radius 1 is 1.50 bits per heavy atom. The van der Waals surface area contributed by atoms with E-state index in [1.54, 1.807) is 25.3 Å². The van der Waals surface area contributed by atoms with Crippen molar-refractivity contribution in [3.8, 4) is 0 Å². The Morgan fingerprint density at radius 3 is 3.00 bits per heavy atom. The van der Waals surface area contributed by atoms with E-state index in [1.807, 2.05) is 0 Å². The van der Waals surface area contributed by atoms with Gasteiger partial charge in [-0.1, -0.05) is 0 Å². The molecule has 0 saturated carbocycles. The number of nitrogens with zero attached hydrogens (tertiary/aromatic N) is 1. The molecule has 0 N–H and O–H groups in total. The number of carbonyl (C=O) groups is 1. The van der Waals surface area contributed by atoms with E-state index in [9.17, 15) is 9.59 Å². The summed E-state index contributed by atoms with van der Waals surface area (Å²) in [5.74, 6) is 0. The van der Waals surface area contributed by atoms with E-state index >= 15 is 0 Å². The van der Waals surface area contributed by atoms with Crippen molar-refractivity contribution < 1.29 is 9.21 Å². The minimum Gasteiger partial charge on any atom is -0.421 e. The standard InChI is InChI=1S/C10H7NO3/c1-6-7(5-12)10(13)14-8-3-2-4-11-9(6)8/h2-5H,1H3. The summed E-state index contributed by atoms with van der Waals surface area (Å²) in [4.78, 5) is 25.9.